The maximum Gasteiger partial charge on any atom is 0.246 e. The number of nitrogens with zero attached hydrogens (tertiary/aromatic N) is 5. The van der Waals surface area contributed by atoms with Crippen molar-refractivity contribution in [2.75, 3.05) is 39.3 Å². The van der Waals surface area contributed by atoms with Crippen LogP contribution in [0.4, 0.5) is 0 Å². The maximum atomic E-state index is 13.3. The van der Waals surface area contributed by atoms with Crippen LogP contribution in [-0.4, -0.2) is 82.5 Å². The van der Waals surface area contributed by atoms with E-state index in [1.807, 2.05) is 4.90 Å². The fraction of sp³-hybridized carbons (Fsp3) is 0.588. The van der Waals surface area contributed by atoms with Gasteiger partial charge in [-0.25, -0.2) is 8.42 Å². The lowest BCUT2D eigenvalue weighted by Crippen LogP contribution is -2.54. The van der Waals surface area contributed by atoms with Gasteiger partial charge in [-0.15, -0.1) is 0 Å². The predicted molar refractivity (Wildman–Crippen MR) is 103 cm³/mol. The van der Waals surface area contributed by atoms with Crippen molar-refractivity contribution in [1.82, 2.24) is 22.9 Å². The number of sulfonamides is 1. The summed E-state index contributed by atoms with van der Waals surface area (Å²) in [6.07, 6.45) is 1.26. The van der Waals surface area contributed by atoms with Gasteiger partial charge in [-0.2, -0.15) is 13.1 Å². The van der Waals surface area contributed by atoms with Gasteiger partial charge in [0, 0.05) is 32.7 Å². The Balaban J connectivity index is 1.59. The Morgan fingerprint density at radius 3 is 2.70 bits per heavy atom. The third-order valence-electron chi connectivity index (χ3n) is 5.46. The van der Waals surface area contributed by atoms with Crippen molar-refractivity contribution in [2.24, 2.45) is 0 Å². The number of benzene rings is 1. The summed E-state index contributed by atoms with van der Waals surface area (Å²) in [7, 11) is -3.80. The molecule has 4 rings (SSSR count). The first-order valence-electron chi connectivity index (χ1n) is 9.26. The summed E-state index contributed by atoms with van der Waals surface area (Å²) < 4.78 is 36.3. The molecule has 27 heavy (non-hydrogen) atoms. The van der Waals surface area contributed by atoms with Crippen LogP contribution in [-0.2, 0) is 14.8 Å². The third-order valence-corrected chi connectivity index (χ3v) is 7.94. The highest BCUT2D eigenvalue weighted by molar-refractivity contribution is 7.89. The van der Waals surface area contributed by atoms with Crippen LogP contribution in [0.15, 0.2) is 23.1 Å². The summed E-state index contributed by atoms with van der Waals surface area (Å²) in [4.78, 5) is 17.3. The molecule has 146 valence electrons. The van der Waals surface area contributed by atoms with Crippen LogP contribution >= 0.6 is 11.7 Å². The van der Waals surface area contributed by atoms with E-state index in [9.17, 15) is 13.2 Å². The Labute approximate surface area is 163 Å². The summed E-state index contributed by atoms with van der Waals surface area (Å²) >= 11 is 0.995. The summed E-state index contributed by atoms with van der Waals surface area (Å²) in [6, 6.07) is 4.36. The van der Waals surface area contributed by atoms with E-state index in [1.165, 1.54) is 4.31 Å². The molecule has 3 heterocycles. The van der Waals surface area contributed by atoms with E-state index in [-0.39, 0.29) is 10.8 Å². The topological polar surface area (TPSA) is 86.7 Å². The molecule has 2 aromatic rings. The maximum absolute atomic E-state index is 13.3. The number of likely N-dealkylation sites (N-methyl/N-ethyl adjacent to an activating group) is 1. The Morgan fingerprint density at radius 1 is 1.19 bits per heavy atom. The Morgan fingerprint density at radius 2 is 1.96 bits per heavy atom. The molecule has 0 unspecified atom stereocenters. The van der Waals surface area contributed by atoms with Gasteiger partial charge in [0.2, 0.25) is 15.9 Å². The molecule has 1 amide bonds. The molecular weight excluding hydrogens is 386 g/mol. The second-order valence-corrected chi connectivity index (χ2v) is 9.31. The van der Waals surface area contributed by atoms with Crippen molar-refractivity contribution < 1.29 is 13.2 Å². The summed E-state index contributed by atoms with van der Waals surface area (Å²) in [6.45, 7) is 6.43. The highest BCUT2D eigenvalue weighted by Gasteiger charge is 2.42. The minimum atomic E-state index is -3.80. The van der Waals surface area contributed by atoms with Gasteiger partial charge >= 0.3 is 0 Å². The molecule has 0 radical (unpaired) electrons. The van der Waals surface area contributed by atoms with Crippen molar-refractivity contribution in [2.45, 2.75) is 30.7 Å². The van der Waals surface area contributed by atoms with E-state index in [2.05, 4.69) is 20.6 Å². The fourth-order valence-electron chi connectivity index (χ4n) is 3.89. The number of fused-ring (bicyclic) bond motifs is 1. The molecule has 1 aromatic heterocycles. The van der Waals surface area contributed by atoms with Crippen LogP contribution in [0.5, 0.6) is 0 Å². The lowest BCUT2D eigenvalue weighted by molar-refractivity contribution is -0.136. The molecule has 2 aliphatic rings. The van der Waals surface area contributed by atoms with Crippen LogP contribution in [0, 0.1) is 0 Å². The third kappa shape index (κ3) is 3.35. The first-order valence-corrected chi connectivity index (χ1v) is 11.4. The van der Waals surface area contributed by atoms with E-state index in [4.69, 9.17) is 0 Å². The standard InChI is InChI=1S/C17H23N5O3S2/c1-2-20-9-11-21(12-10-20)17(23)14-6-4-8-22(14)27(24,25)15-7-3-5-13-16(15)19-26-18-13/h3,5,7,14H,2,4,6,8-12H2,1H3/t14-/m0/s1. The van der Waals surface area contributed by atoms with Crippen LogP contribution in [0.3, 0.4) is 0 Å². The fourth-order valence-corrected chi connectivity index (χ4v) is 6.29. The SMILES string of the molecule is CCN1CCN(C(=O)[C@@H]2CCCN2S(=O)(=O)c2cccc3nsnc23)CC1. The molecule has 0 bridgehead atoms. The zero-order chi connectivity index (χ0) is 19.0. The number of amides is 1. The molecule has 0 saturated carbocycles. The van der Waals surface area contributed by atoms with E-state index < -0.39 is 16.1 Å². The molecule has 0 aliphatic carbocycles. The number of hydrogen-bond acceptors (Lipinski definition) is 7. The number of hydrogen-bond donors (Lipinski definition) is 0. The number of piperazine rings is 1. The van der Waals surface area contributed by atoms with Gasteiger partial charge in [0.1, 0.15) is 22.0 Å². The van der Waals surface area contributed by atoms with Gasteiger partial charge in [0.05, 0.1) is 11.7 Å². The smallest absolute Gasteiger partial charge is 0.246 e. The number of rotatable bonds is 4. The lowest BCUT2D eigenvalue weighted by Gasteiger charge is -2.36. The zero-order valence-corrected chi connectivity index (χ0v) is 16.9. The van der Waals surface area contributed by atoms with Gasteiger partial charge in [0.25, 0.3) is 0 Å². The minimum Gasteiger partial charge on any atom is -0.339 e. The van der Waals surface area contributed by atoms with E-state index in [0.717, 1.165) is 31.4 Å². The average Bonchev–Trinajstić information content (AvgIpc) is 3.36. The summed E-state index contributed by atoms with van der Waals surface area (Å²) in [5.74, 6) is -0.0737. The van der Waals surface area contributed by atoms with Gasteiger partial charge in [-0.3, -0.25) is 4.79 Å². The molecule has 1 atom stereocenters. The van der Waals surface area contributed by atoms with E-state index in [1.54, 1.807) is 18.2 Å². The van der Waals surface area contributed by atoms with Crippen LogP contribution < -0.4 is 0 Å². The van der Waals surface area contributed by atoms with Gasteiger partial charge in [-0.1, -0.05) is 13.0 Å². The molecule has 2 fully saturated rings. The number of aromatic nitrogens is 2. The monoisotopic (exact) mass is 409 g/mol. The largest absolute Gasteiger partial charge is 0.339 e. The molecule has 10 heteroatoms. The van der Waals surface area contributed by atoms with Gasteiger partial charge < -0.3 is 9.80 Å². The number of carbonyl (C=O) groups excluding carboxylic acids is 1. The highest BCUT2D eigenvalue weighted by atomic mass is 32.2. The molecule has 0 spiro atoms. The summed E-state index contributed by atoms with van der Waals surface area (Å²) in [5, 5.41) is 0. The lowest BCUT2D eigenvalue weighted by atomic mass is 10.2. The van der Waals surface area contributed by atoms with Gasteiger partial charge in [0.15, 0.2) is 0 Å². The van der Waals surface area contributed by atoms with Crippen molar-refractivity contribution >= 4 is 38.7 Å². The predicted octanol–water partition coefficient (Wildman–Crippen LogP) is 1.01. The molecule has 2 aliphatic heterocycles. The van der Waals surface area contributed by atoms with E-state index >= 15 is 0 Å². The Hall–Kier alpha value is -1.62. The first-order chi connectivity index (χ1) is 13.0. The molecular formula is C17H23N5O3S2. The van der Waals surface area contributed by atoms with Crippen LogP contribution in [0.2, 0.25) is 0 Å². The second kappa shape index (κ2) is 7.42. The molecule has 8 nitrogen and oxygen atoms in total. The second-order valence-electron chi connectivity index (χ2n) is 6.92. The summed E-state index contributed by atoms with van der Waals surface area (Å²) in [5.41, 5.74) is 0.955. The van der Waals surface area contributed by atoms with Crippen molar-refractivity contribution in [3.63, 3.8) is 0 Å². The van der Waals surface area contributed by atoms with Crippen molar-refractivity contribution in [3.8, 4) is 0 Å². The Kier molecular flexibility index (Phi) is 5.15. The number of carbonyl (C=O) groups is 1. The quantitative estimate of drug-likeness (QED) is 0.749. The zero-order valence-electron chi connectivity index (χ0n) is 15.2. The molecule has 1 aromatic carbocycles. The minimum absolute atomic E-state index is 0.0737. The normalized spacial score (nSPS) is 22.6. The van der Waals surface area contributed by atoms with Crippen molar-refractivity contribution in [1.29, 1.82) is 0 Å². The molecule has 0 N–H and O–H groups in total. The van der Waals surface area contributed by atoms with Crippen LogP contribution in [0.25, 0.3) is 11.0 Å². The Bertz CT molecular complexity index is 937. The van der Waals surface area contributed by atoms with Crippen LogP contribution in [0.1, 0.15) is 19.8 Å². The van der Waals surface area contributed by atoms with Gasteiger partial charge in [-0.05, 0) is 31.5 Å². The highest BCUT2D eigenvalue weighted by Crippen LogP contribution is 2.30. The average molecular weight is 410 g/mol. The first kappa shape index (κ1) is 18.7. The molecule has 2 saturated heterocycles. The van der Waals surface area contributed by atoms with Crippen molar-refractivity contribution in [3.05, 3.63) is 18.2 Å². The van der Waals surface area contributed by atoms with E-state index in [0.29, 0.717) is 43.5 Å².